The van der Waals surface area contributed by atoms with Gasteiger partial charge in [-0.3, -0.25) is 37.3 Å². The van der Waals surface area contributed by atoms with Gasteiger partial charge >= 0.3 is 39.5 Å². The van der Waals surface area contributed by atoms with Crippen LogP contribution in [0.3, 0.4) is 0 Å². The number of phosphoric acid groups is 2. The minimum atomic E-state index is -4.95. The summed E-state index contributed by atoms with van der Waals surface area (Å²) in [5.41, 5.74) is 0. The molecule has 17 nitrogen and oxygen atoms in total. The largest absolute Gasteiger partial charge is 0.472 e. The fourth-order valence-electron chi connectivity index (χ4n) is 10.7. The van der Waals surface area contributed by atoms with Crippen molar-refractivity contribution in [3.63, 3.8) is 0 Å². The quantitative estimate of drug-likeness (QED) is 0.0222. The van der Waals surface area contributed by atoms with Crippen LogP contribution in [0.2, 0.25) is 0 Å². The van der Waals surface area contributed by atoms with Crippen molar-refractivity contribution in [1.29, 1.82) is 0 Å². The molecule has 0 aromatic rings. The minimum absolute atomic E-state index is 0.106. The van der Waals surface area contributed by atoms with Gasteiger partial charge in [-0.2, -0.15) is 0 Å². The molecule has 19 heteroatoms. The van der Waals surface area contributed by atoms with Crippen LogP contribution in [-0.2, 0) is 65.4 Å². The highest BCUT2D eigenvalue weighted by Gasteiger charge is 2.30. The zero-order valence-electron chi connectivity index (χ0n) is 58.6. The fraction of sp³-hybridized carbons (Fsp3) is 0.944. The Bertz CT molecular complexity index is 1770. The average Bonchev–Trinajstić information content (AvgIpc) is 2.93. The van der Waals surface area contributed by atoms with E-state index in [9.17, 15) is 43.2 Å². The second kappa shape index (κ2) is 61.9. The highest BCUT2D eigenvalue weighted by Crippen LogP contribution is 2.45. The van der Waals surface area contributed by atoms with Gasteiger partial charge in [0.1, 0.15) is 19.3 Å². The molecule has 0 saturated heterocycles. The van der Waals surface area contributed by atoms with E-state index >= 15 is 0 Å². The van der Waals surface area contributed by atoms with E-state index in [0.29, 0.717) is 31.6 Å². The second-order valence-corrected chi connectivity index (χ2v) is 30.0. The van der Waals surface area contributed by atoms with Crippen LogP contribution in [0.1, 0.15) is 357 Å². The highest BCUT2D eigenvalue weighted by molar-refractivity contribution is 7.47. The normalized spacial score (nSPS) is 14.2. The van der Waals surface area contributed by atoms with Crippen molar-refractivity contribution in [3.8, 4) is 0 Å². The predicted octanol–water partition coefficient (Wildman–Crippen LogP) is 20.2. The smallest absolute Gasteiger partial charge is 0.462 e. The van der Waals surface area contributed by atoms with Gasteiger partial charge in [0.2, 0.25) is 0 Å². The molecule has 0 aromatic carbocycles. The van der Waals surface area contributed by atoms with Crippen molar-refractivity contribution < 1.29 is 80.2 Å². The first-order valence-electron chi connectivity index (χ1n) is 36.8. The minimum Gasteiger partial charge on any atom is -0.462 e. The summed E-state index contributed by atoms with van der Waals surface area (Å²) in [6.45, 7) is 11.8. The van der Waals surface area contributed by atoms with Gasteiger partial charge in [0.15, 0.2) is 12.2 Å². The Hall–Kier alpha value is -1.94. The van der Waals surface area contributed by atoms with Crippen molar-refractivity contribution in [2.45, 2.75) is 375 Å². The van der Waals surface area contributed by atoms with E-state index < -0.39 is 97.5 Å². The Balaban J connectivity index is 5.24. The molecular formula is C71H138O17P2. The standard InChI is InChI=1S/C71H138O17P2/c1-8-9-10-11-12-13-18-26-31-40-47-54-70(75)88-67(59-82-69(74)53-46-39-34-33-37-44-51-64(6)7)61-86-90(79,80)84-57-65(72)56-83-89(77,78)85-60-66(58-81-68(73)52-45-38-30-25-22-17-20-24-29-36-43-50-63(4)5)87-71(76)55-48-41-32-27-21-16-14-15-19-23-28-35-42-49-62(2)3/h62-67,72H,8-61H2,1-7H3,(H,77,78)(H,79,80)/t65-,66-,67-/m1/s1. The van der Waals surface area contributed by atoms with E-state index in [2.05, 4.69) is 48.5 Å². The fourth-order valence-corrected chi connectivity index (χ4v) is 12.3. The monoisotopic (exact) mass is 1320 g/mol. The average molecular weight is 1330 g/mol. The first kappa shape index (κ1) is 88.1. The Labute approximate surface area is 549 Å². The van der Waals surface area contributed by atoms with Crippen molar-refractivity contribution in [3.05, 3.63) is 0 Å². The molecule has 0 saturated carbocycles. The van der Waals surface area contributed by atoms with Gasteiger partial charge in [-0.1, -0.05) is 305 Å². The molecule has 90 heavy (non-hydrogen) atoms. The lowest BCUT2D eigenvalue weighted by Crippen LogP contribution is -2.30. The van der Waals surface area contributed by atoms with E-state index in [1.807, 2.05) is 0 Å². The van der Waals surface area contributed by atoms with Crippen LogP contribution in [0.25, 0.3) is 0 Å². The number of unbranched alkanes of at least 4 members (excludes halogenated alkanes) is 37. The summed E-state index contributed by atoms with van der Waals surface area (Å²) in [6, 6.07) is 0. The lowest BCUT2D eigenvalue weighted by Gasteiger charge is -2.21. The molecule has 2 unspecified atom stereocenters. The molecular weight excluding hydrogens is 1190 g/mol. The maximum absolute atomic E-state index is 13.0. The Kier molecular flexibility index (Phi) is 60.6. The third-order valence-electron chi connectivity index (χ3n) is 16.4. The number of aliphatic hydroxyl groups is 1. The van der Waals surface area contributed by atoms with Gasteiger partial charge < -0.3 is 33.8 Å². The summed E-state index contributed by atoms with van der Waals surface area (Å²) in [6.07, 6.45) is 45.9. The molecule has 534 valence electrons. The van der Waals surface area contributed by atoms with E-state index in [4.69, 9.17) is 37.0 Å². The van der Waals surface area contributed by atoms with Crippen LogP contribution in [-0.4, -0.2) is 96.7 Å². The maximum Gasteiger partial charge on any atom is 0.472 e. The molecule has 0 fully saturated rings. The molecule has 0 aliphatic heterocycles. The van der Waals surface area contributed by atoms with Crippen molar-refractivity contribution >= 4 is 39.5 Å². The number of hydrogen-bond acceptors (Lipinski definition) is 15. The van der Waals surface area contributed by atoms with E-state index in [-0.39, 0.29) is 25.7 Å². The number of carbonyl (C=O) groups is 4. The summed E-state index contributed by atoms with van der Waals surface area (Å²) < 4.78 is 68.3. The van der Waals surface area contributed by atoms with Crippen LogP contribution in [0, 0.1) is 17.8 Å². The molecule has 0 heterocycles. The lowest BCUT2D eigenvalue weighted by molar-refractivity contribution is -0.161. The van der Waals surface area contributed by atoms with Gasteiger partial charge in [-0.15, -0.1) is 0 Å². The summed E-state index contributed by atoms with van der Waals surface area (Å²) in [7, 11) is -9.90. The molecule has 0 radical (unpaired) electrons. The summed E-state index contributed by atoms with van der Waals surface area (Å²) in [4.78, 5) is 72.5. The lowest BCUT2D eigenvalue weighted by atomic mass is 10.0. The zero-order chi connectivity index (χ0) is 66.6. The molecule has 3 N–H and O–H groups in total. The third-order valence-corrected chi connectivity index (χ3v) is 18.3. The van der Waals surface area contributed by atoms with E-state index in [1.54, 1.807) is 0 Å². The molecule has 0 bridgehead atoms. The molecule has 0 aromatic heterocycles. The van der Waals surface area contributed by atoms with Crippen LogP contribution in [0.4, 0.5) is 0 Å². The number of carbonyl (C=O) groups excluding carboxylic acids is 4. The number of esters is 4. The number of rotatable bonds is 69. The van der Waals surface area contributed by atoms with Crippen LogP contribution in [0.15, 0.2) is 0 Å². The van der Waals surface area contributed by atoms with Gasteiger partial charge in [0.25, 0.3) is 0 Å². The van der Waals surface area contributed by atoms with Gasteiger partial charge in [0, 0.05) is 25.7 Å². The van der Waals surface area contributed by atoms with Crippen LogP contribution < -0.4 is 0 Å². The number of aliphatic hydroxyl groups excluding tert-OH is 1. The van der Waals surface area contributed by atoms with Gasteiger partial charge in [-0.25, -0.2) is 9.13 Å². The summed E-state index contributed by atoms with van der Waals surface area (Å²) in [5, 5.41) is 10.6. The Morgan fingerprint density at radius 3 is 0.756 bits per heavy atom. The molecule has 0 rings (SSSR count). The molecule has 0 spiro atoms. The summed E-state index contributed by atoms with van der Waals surface area (Å²) in [5.74, 6) is 0.112. The summed E-state index contributed by atoms with van der Waals surface area (Å²) >= 11 is 0. The first-order valence-corrected chi connectivity index (χ1v) is 39.8. The first-order chi connectivity index (χ1) is 43.2. The van der Waals surface area contributed by atoms with Crippen LogP contribution >= 0.6 is 15.6 Å². The molecule has 0 amide bonds. The van der Waals surface area contributed by atoms with Gasteiger partial charge in [-0.05, 0) is 43.4 Å². The van der Waals surface area contributed by atoms with Crippen molar-refractivity contribution in [2.75, 3.05) is 39.6 Å². The highest BCUT2D eigenvalue weighted by atomic mass is 31.2. The van der Waals surface area contributed by atoms with Gasteiger partial charge in [0.05, 0.1) is 26.4 Å². The maximum atomic E-state index is 13.0. The molecule has 0 aliphatic rings. The Morgan fingerprint density at radius 1 is 0.300 bits per heavy atom. The second-order valence-electron chi connectivity index (χ2n) is 27.1. The zero-order valence-corrected chi connectivity index (χ0v) is 60.4. The topological polar surface area (TPSA) is 237 Å². The van der Waals surface area contributed by atoms with E-state index in [1.165, 1.54) is 161 Å². The van der Waals surface area contributed by atoms with E-state index in [0.717, 1.165) is 108 Å². The van der Waals surface area contributed by atoms with Crippen molar-refractivity contribution in [1.82, 2.24) is 0 Å². The predicted molar refractivity (Wildman–Crippen MR) is 363 cm³/mol. The van der Waals surface area contributed by atoms with Crippen molar-refractivity contribution in [2.24, 2.45) is 17.8 Å². The number of ether oxygens (including phenoxy) is 4. The Morgan fingerprint density at radius 2 is 0.511 bits per heavy atom. The third kappa shape index (κ3) is 64.8. The molecule has 0 aliphatic carbocycles. The van der Waals surface area contributed by atoms with Crippen LogP contribution in [0.5, 0.6) is 0 Å². The SMILES string of the molecule is CCCCCCCCCCCCCC(=O)O[C@H](COC(=O)CCCCCCCCC(C)C)COP(=O)(O)OC[C@H](O)COP(=O)(O)OC[C@@H](COC(=O)CCCCCCCCCCCCCC(C)C)OC(=O)CCCCCCCCCCCCCCCC(C)C. The number of phosphoric ester groups is 2. The molecule has 5 atom stereocenters. The number of hydrogen-bond donors (Lipinski definition) is 3.